The maximum atomic E-state index is 10.8. The Morgan fingerprint density at radius 2 is 2.10 bits per heavy atom. The van der Waals surface area contributed by atoms with Gasteiger partial charge in [-0.15, -0.1) is 0 Å². The summed E-state index contributed by atoms with van der Waals surface area (Å²) in [6.45, 7) is 6.27. The molecule has 0 amide bonds. The van der Waals surface area contributed by atoms with Crippen LogP contribution in [0, 0.1) is 0 Å². The van der Waals surface area contributed by atoms with Gasteiger partial charge in [0.15, 0.2) is 6.23 Å². The van der Waals surface area contributed by atoms with Gasteiger partial charge >= 0.3 is 0 Å². The zero-order chi connectivity index (χ0) is 20.7. The standard InChI is InChI=1S/C21H25ClN4O3/c1-11(23-2)14-7-9-26(20(14)24-3)21-18(28)17(27)19(29-21)16-15-5-4-13(22)10-12(15)6-8-25-16/h4-5,7,9-10,16-19,21,25,27-28H,3,6,8H2,1-2H3/t16-,17+,18-,19-,21-/m1/s1. The predicted octanol–water partition coefficient (Wildman–Crippen LogP) is 2.42. The van der Waals surface area contributed by atoms with Crippen molar-refractivity contribution < 1.29 is 14.9 Å². The number of aliphatic imine (C=N–C) groups is 2. The Morgan fingerprint density at radius 3 is 2.83 bits per heavy atom. The summed E-state index contributed by atoms with van der Waals surface area (Å²) in [6.07, 6.45) is -0.961. The van der Waals surface area contributed by atoms with Crippen molar-refractivity contribution in [2.75, 3.05) is 13.6 Å². The molecule has 7 nitrogen and oxygen atoms in total. The summed E-state index contributed by atoms with van der Waals surface area (Å²) in [7, 11) is 1.71. The van der Waals surface area contributed by atoms with Gasteiger partial charge in [-0.3, -0.25) is 4.99 Å². The Hall–Kier alpha value is -2.03. The van der Waals surface area contributed by atoms with Crippen molar-refractivity contribution in [1.82, 2.24) is 9.88 Å². The first-order chi connectivity index (χ1) is 14.0. The largest absolute Gasteiger partial charge is 0.387 e. The summed E-state index contributed by atoms with van der Waals surface area (Å²) < 4.78 is 7.91. The normalized spacial score (nSPS) is 29.7. The number of benzene rings is 1. The van der Waals surface area contributed by atoms with Gasteiger partial charge in [-0.25, -0.2) is 4.99 Å². The lowest BCUT2D eigenvalue weighted by Crippen LogP contribution is -2.43. The summed E-state index contributed by atoms with van der Waals surface area (Å²) in [5, 5.41) is 25.7. The molecule has 5 atom stereocenters. The van der Waals surface area contributed by atoms with Crippen molar-refractivity contribution >= 4 is 29.8 Å². The number of nitrogens with one attached hydrogen (secondary N) is 1. The molecule has 1 aromatic carbocycles. The molecule has 1 aromatic heterocycles. The topological polar surface area (TPSA) is 91.4 Å². The minimum absolute atomic E-state index is 0.250. The van der Waals surface area contributed by atoms with Crippen LogP contribution in [0.25, 0.3) is 0 Å². The summed E-state index contributed by atoms with van der Waals surface area (Å²) in [6, 6.07) is 7.35. The Balaban J connectivity index is 1.67. The van der Waals surface area contributed by atoms with Gasteiger partial charge in [0.25, 0.3) is 0 Å². The fraction of sp³-hybridized carbons (Fsp3) is 0.429. The first kappa shape index (κ1) is 20.3. The van der Waals surface area contributed by atoms with Crippen LogP contribution in [0.2, 0.25) is 5.02 Å². The Labute approximate surface area is 174 Å². The van der Waals surface area contributed by atoms with Crippen LogP contribution in [-0.4, -0.2) is 59.1 Å². The SMILES string of the molecule is C=Nc1c(C(C)=NC)ccn1[C@@H]1O[C@H]([C@@H]2NCCc3cc(Cl)ccc32)[C@@H](O)[C@H]1O. The molecule has 1 fully saturated rings. The van der Waals surface area contributed by atoms with E-state index in [2.05, 4.69) is 22.0 Å². The molecule has 0 saturated carbocycles. The van der Waals surface area contributed by atoms with Gasteiger partial charge in [0.1, 0.15) is 24.1 Å². The van der Waals surface area contributed by atoms with E-state index in [1.54, 1.807) is 17.8 Å². The van der Waals surface area contributed by atoms with Crippen molar-refractivity contribution in [3.63, 3.8) is 0 Å². The molecule has 1 saturated heterocycles. The van der Waals surface area contributed by atoms with E-state index in [-0.39, 0.29) is 6.04 Å². The van der Waals surface area contributed by atoms with Crippen molar-refractivity contribution in [3.8, 4) is 0 Å². The fourth-order valence-electron chi connectivity index (χ4n) is 4.26. The molecule has 3 N–H and O–H groups in total. The summed E-state index contributed by atoms with van der Waals surface area (Å²) >= 11 is 6.14. The molecule has 0 aliphatic carbocycles. The molecule has 0 radical (unpaired) electrons. The molecule has 4 rings (SSSR count). The third-order valence-corrected chi connectivity index (χ3v) is 6.07. The molecule has 0 spiro atoms. The highest BCUT2D eigenvalue weighted by Crippen LogP contribution is 2.40. The summed E-state index contributed by atoms with van der Waals surface area (Å²) in [5.74, 6) is 0.550. The highest BCUT2D eigenvalue weighted by atomic mass is 35.5. The third kappa shape index (κ3) is 3.43. The van der Waals surface area contributed by atoms with Gasteiger partial charge in [-0.05, 0) is 55.9 Å². The zero-order valence-corrected chi connectivity index (χ0v) is 17.2. The minimum Gasteiger partial charge on any atom is -0.387 e. The monoisotopic (exact) mass is 416 g/mol. The number of nitrogens with zero attached hydrogens (tertiary/aromatic N) is 3. The predicted molar refractivity (Wildman–Crippen MR) is 114 cm³/mol. The van der Waals surface area contributed by atoms with Crippen molar-refractivity contribution in [1.29, 1.82) is 0 Å². The molecular formula is C21H25ClN4O3. The number of fused-ring (bicyclic) bond motifs is 1. The average Bonchev–Trinajstić information content (AvgIpc) is 3.28. The second-order valence-corrected chi connectivity index (χ2v) is 7.86. The smallest absolute Gasteiger partial charge is 0.164 e. The van der Waals surface area contributed by atoms with E-state index in [1.165, 1.54) is 0 Å². The van der Waals surface area contributed by atoms with Crippen LogP contribution in [0.4, 0.5) is 5.82 Å². The number of aliphatic hydroxyl groups excluding tert-OH is 2. The van der Waals surface area contributed by atoms with Crippen LogP contribution in [0.1, 0.15) is 35.9 Å². The molecule has 2 aliphatic heterocycles. The fourth-order valence-corrected chi connectivity index (χ4v) is 4.46. The Kier molecular flexibility index (Phi) is 5.59. The summed E-state index contributed by atoms with van der Waals surface area (Å²) in [5.41, 5.74) is 3.77. The maximum absolute atomic E-state index is 10.8. The van der Waals surface area contributed by atoms with E-state index in [1.807, 2.05) is 31.2 Å². The number of rotatable bonds is 4. The highest BCUT2D eigenvalue weighted by molar-refractivity contribution is 6.30. The Morgan fingerprint density at radius 1 is 1.31 bits per heavy atom. The van der Waals surface area contributed by atoms with E-state index in [4.69, 9.17) is 16.3 Å². The molecular weight excluding hydrogens is 392 g/mol. The van der Waals surface area contributed by atoms with Crippen LogP contribution in [-0.2, 0) is 11.2 Å². The summed E-state index contributed by atoms with van der Waals surface area (Å²) in [4.78, 5) is 8.32. The Bertz CT molecular complexity index is 957. The van der Waals surface area contributed by atoms with Gasteiger partial charge in [0.05, 0.1) is 6.04 Å². The van der Waals surface area contributed by atoms with Gasteiger partial charge in [0.2, 0.25) is 0 Å². The first-order valence-corrected chi connectivity index (χ1v) is 9.98. The van der Waals surface area contributed by atoms with Crippen LogP contribution in [0.15, 0.2) is 40.4 Å². The molecule has 29 heavy (non-hydrogen) atoms. The van der Waals surface area contributed by atoms with E-state index in [9.17, 15) is 10.2 Å². The average molecular weight is 417 g/mol. The first-order valence-electron chi connectivity index (χ1n) is 9.61. The lowest BCUT2D eigenvalue weighted by atomic mass is 9.89. The third-order valence-electron chi connectivity index (χ3n) is 5.84. The number of aromatic nitrogens is 1. The highest BCUT2D eigenvalue weighted by Gasteiger charge is 2.48. The minimum atomic E-state index is -1.11. The number of halogens is 1. The molecule has 2 aliphatic rings. The quantitative estimate of drug-likeness (QED) is 0.667. The maximum Gasteiger partial charge on any atom is 0.164 e. The van der Waals surface area contributed by atoms with Crippen molar-refractivity contribution in [2.24, 2.45) is 9.98 Å². The van der Waals surface area contributed by atoms with Gasteiger partial charge in [0, 0.05) is 29.5 Å². The molecule has 0 unspecified atom stereocenters. The molecule has 3 heterocycles. The number of hydrogen-bond acceptors (Lipinski definition) is 6. The lowest BCUT2D eigenvalue weighted by molar-refractivity contribution is -0.0483. The lowest BCUT2D eigenvalue weighted by Gasteiger charge is -2.32. The molecule has 2 aromatic rings. The van der Waals surface area contributed by atoms with E-state index in [0.717, 1.165) is 35.4 Å². The second-order valence-electron chi connectivity index (χ2n) is 7.42. The van der Waals surface area contributed by atoms with Crippen LogP contribution in [0.5, 0.6) is 0 Å². The van der Waals surface area contributed by atoms with Crippen molar-refractivity contribution in [2.45, 2.75) is 43.9 Å². The molecule has 0 bridgehead atoms. The van der Waals surface area contributed by atoms with Crippen LogP contribution < -0.4 is 5.32 Å². The number of ether oxygens (including phenoxy) is 1. The van der Waals surface area contributed by atoms with Gasteiger partial charge in [-0.1, -0.05) is 17.7 Å². The van der Waals surface area contributed by atoms with Crippen LogP contribution >= 0.6 is 11.6 Å². The zero-order valence-electron chi connectivity index (χ0n) is 16.4. The van der Waals surface area contributed by atoms with Crippen LogP contribution in [0.3, 0.4) is 0 Å². The van der Waals surface area contributed by atoms with E-state index >= 15 is 0 Å². The molecule has 8 heteroatoms. The van der Waals surface area contributed by atoms with E-state index < -0.39 is 24.5 Å². The van der Waals surface area contributed by atoms with Gasteiger partial charge in [-0.2, -0.15) is 0 Å². The second kappa shape index (κ2) is 8.01. The number of aliphatic hydroxyl groups is 2. The van der Waals surface area contributed by atoms with Crippen molar-refractivity contribution in [3.05, 3.63) is 52.2 Å². The number of hydrogen-bond donors (Lipinski definition) is 3. The van der Waals surface area contributed by atoms with Gasteiger partial charge < -0.3 is 24.8 Å². The molecule has 154 valence electrons. The van der Waals surface area contributed by atoms with E-state index in [0.29, 0.717) is 10.8 Å².